The van der Waals surface area contributed by atoms with Gasteiger partial charge in [0.25, 0.3) is 0 Å². The summed E-state index contributed by atoms with van der Waals surface area (Å²) in [5.74, 6) is 0. The van der Waals surface area contributed by atoms with Gasteiger partial charge < -0.3 is 0 Å². The summed E-state index contributed by atoms with van der Waals surface area (Å²) in [5, 5.41) is 1.83. The van der Waals surface area contributed by atoms with Crippen LogP contribution in [-0.4, -0.2) is 11.7 Å². The Morgan fingerprint density at radius 3 is 2.80 bits per heavy atom. The van der Waals surface area contributed by atoms with Crippen molar-refractivity contribution in [3.05, 3.63) is 54.2 Å². The summed E-state index contributed by atoms with van der Waals surface area (Å²) in [7, 11) is 0. The van der Waals surface area contributed by atoms with Crippen LogP contribution in [0, 0.1) is 0 Å². The molecule has 1 aliphatic rings. The van der Waals surface area contributed by atoms with Crippen LogP contribution in [0.4, 0.5) is 0 Å². The number of hydrogen-bond donors (Lipinski definition) is 0. The van der Waals surface area contributed by atoms with Gasteiger partial charge in [-0.15, -0.1) is 0 Å². The Balaban J connectivity index is 2.23. The van der Waals surface area contributed by atoms with Gasteiger partial charge in [0.05, 0.1) is 12.3 Å². The van der Waals surface area contributed by atoms with Gasteiger partial charge in [-0.2, -0.15) is 0 Å². The summed E-state index contributed by atoms with van der Waals surface area (Å²) >= 11 is 0. The van der Waals surface area contributed by atoms with Gasteiger partial charge in [-0.1, -0.05) is 42.5 Å². The van der Waals surface area contributed by atoms with E-state index in [1.54, 1.807) is 0 Å². The van der Waals surface area contributed by atoms with Gasteiger partial charge in [-0.3, -0.25) is 4.84 Å². The minimum absolute atomic E-state index is 0.675. The normalized spacial score (nSPS) is 15.3. The zero-order valence-electron chi connectivity index (χ0n) is 8.89. The predicted octanol–water partition coefficient (Wildman–Crippen LogP) is 3.20. The minimum Gasteiger partial charge on any atom is -0.269 e. The largest absolute Gasteiger partial charge is 0.269 e. The predicted molar refractivity (Wildman–Crippen MR) is 61.6 cm³/mol. The number of rotatable bonds is 3. The summed E-state index contributed by atoms with van der Waals surface area (Å²) in [4.78, 5) is 5.53. The van der Waals surface area contributed by atoms with Crippen molar-refractivity contribution in [1.82, 2.24) is 5.06 Å². The molecule has 0 aliphatic carbocycles. The highest BCUT2D eigenvalue weighted by Crippen LogP contribution is 2.23. The van der Waals surface area contributed by atoms with Gasteiger partial charge in [0.2, 0.25) is 0 Å². The van der Waals surface area contributed by atoms with Crippen LogP contribution >= 0.6 is 0 Å². The lowest BCUT2D eigenvalue weighted by molar-refractivity contribution is -0.0651. The molecule has 0 spiro atoms. The van der Waals surface area contributed by atoms with E-state index in [4.69, 9.17) is 4.84 Å². The third kappa shape index (κ3) is 2.28. The zero-order chi connectivity index (χ0) is 10.5. The Bertz CT molecular complexity index is 367. The van der Waals surface area contributed by atoms with Crippen LogP contribution in [0.5, 0.6) is 0 Å². The highest BCUT2D eigenvalue weighted by Gasteiger charge is 2.11. The standard InChI is InChI=1S/C13H15NO/c1-2-15-14-11-7-6-10-13(14)12-8-4-3-5-9-12/h3-5,7-11H,2,6H2,1H3. The molecule has 0 radical (unpaired) electrons. The lowest BCUT2D eigenvalue weighted by Gasteiger charge is -2.24. The maximum atomic E-state index is 5.53. The van der Waals surface area contributed by atoms with Gasteiger partial charge >= 0.3 is 0 Å². The summed E-state index contributed by atoms with van der Waals surface area (Å²) in [6.07, 6.45) is 7.20. The molecule has 1 heterocycles. The second-order valence-electron chi connectivity index (χ2n) is 3.32. The van der Waals surface area contributed by atoms with Crippen molar-refractivity contribution in [2.45, 2.75) is 13.3 Å². The van der Waals surface area contributed by atoms with Crippen LogP contribution in [0.1, 0.15) is 18.9 Å². The van der Waals surface area contributed by atoms with Crippen LogP contribution < -0.4 is 0 Å². The van der Waals surface area contributed by atoms with Gasteiger partial charge in [0.15, 0.2) is 0 Å². The first kappa shape index (κ1) is 9.99. The van der Waals surface area contributed by atoms with Crippen molar-refractivity contribution in [2.75, 3.05) is 6.61 Å². The zero-order valence-corrected chi connectivity index (χ0v) is 8.89. The van der Waals surface area contributed by atoms with Crippen LogP contribution in [0.25, 0.3) is 5.70 Å². The van der Waals surface area contributed by atoms with Crippen molar-refractivity contribution in [2.24, 2.45) is 0 Å². The highest BCUT2D eigenvalue weighted by atomic mass is 16.7. The lowest BCUT2D eigenvalue weighted by atomic mass is 10.1. The average Bonchev–Trinajstić information content (AvgIpc) is 2.31. The van der Waals surface area contributed by atoms with Crippen molar-refractivity contribution < 1.29 is 4.84 Å². The Labute approximate surface area is 90.4 Å². The molecule has 1 aliphatic heterocycles. The quantitative estimate of drug-likeness (QED) is 0.744. The van der Waals surface area contributed by atoms with E-state index in [9.17, 15) is 0 Å². The number of allylic oxidation sites excluding steroid dienone is 2. The van der Waals surface area contributed by atoms with Crippen molar-refractivity contribution in [3.8, 4) is 0 Å². The SMILES string of the molecule is CCON1C=CCC=C1c1ccccc1. The molecule has 2 rings (SSSR count). The molecule has 0 saturated carbocycles. The molecule has 78 valence electrons. The molecular weight excluding hydrogens is 186 g/mol. The first-order valence-corrected chi connectivity index (χ1v) is 5.26. The van der Waals surface area contributed by atoms with Crippen LogP contribution in [-0.2, 0) is 4.84 Å². The van der Waals surface area contributed by atoms with E-state index in [2.05, 4.69) is 24.3 Å². The van der Waals surface area contributed by atoms with Crippen LogP contribution in [0.3, 0.4) is 0 Å². The van der Waals surface area contributed by atoms with Crippen molar-refractivity contribution >= 4 is 5.70 Å². The fourth-order valence-corrected chi connectivity index (χ4v) is 1.61. The summed E-state index contributed by atoms with van der Waals surface area (Å²) in [5.41, 5.74) is 2.32. The number of hydrogen-bond acceptors (Lipinski definition) is 2. The van der Waals surface area contributed by atoms with Gasteiger partial charge in [-0.05, 0) is 13.3 Å². The molecule has 0 unspecified atom stereocenters. The van der Waals surface area contributed by atoms with Gasteiger partial charge in [0, 0.05) is 11.8 Å². The maximum Gasteiger partial charge on any atom is 0.0725 e. The Hall–Kier alpha value is -1.54. The smallest absolute Gasteiger partial charge is 0.0725 e. The van der Waals surface area contributed by atoms with E-state index in [0.29, 0.717) is 6.61 Å². The summed E-state index contributed by atoms with van der Waals surface area (Å²) < 4.78 is 0. The van der Waals surface area contributed by atoms with Crippen LogP contribution in [0.15, 0.2) is 48.7 Å². The lowest BCUT2D eigenvalue weighted by Crippen LogP contribution is -2.18. The molecule has 15 heavy (non-hydrogen) atoms. The van der Waals surface area contributed by atoms with Crippen molar-refractivity contribution in [3.63, 3.8) is 0 Å². The summed E-state index contributed by atoms with van der Waals surface area (Å²) in [6.45, 7) is 2.67. The molecule has 1 aromatic rings. The first-order chi connectivity index (χ1) is 7.42. The highest BCUT2D eigenvalue weighted by molar-refractivity contribution is 5.65. The molecule has 0 saturated heterocycles. The second-order valence-corrected chi connectivity index (χ2v) is 3.32. The third-order valence-electron chi connectivity index (χ3n) is 2.26. The van der Waals surface area contributed by atoms with E-state index >= 15 is 0 Å². The Morgan fingerprint density at radius 2 is 2.07 bits per heavy atom. The molecule has 0 atom stereocenters. The number of nitrogens with zero attached hydrogens (tertiary/aromatic N) is 1. The van der Waals surface area contributed by atoms with Crippen LogP contribution in [0.2, 0.25) is 0 Å². The molecule has 2 nitrogen and oxygen atoms in total. The average molecular weight is 201 g/mol. The number of hydroxylamine groups is 2. The molecule has 0 bridgehead atoms. The molecular formula is C13H15NO. The molecule has 2 heteroatoms. The van der Waals surface area contributed by atoms with E-state index in [0.717, 1.165) is 12.1 Å². The van der Waals surface area contributed by atoms with E-state index in [1.165, 1.54) is 5.56 Å². The first-order valence-electron chi connectivity index (χ1n) is 5.26. The molecule has 0 N–H and O–H groups in total. The second kappa shape index (κ2) is 4.80. The Kier molecular flexibility index (Phi) is 3.20. The summed E-state index contributed by atoms with van der Waals surface area (Å²) in [6, 6.07) is 10.3. The third-order valence-corrected chi connectivity index (χ3v) is 2.26. The monoisotopic (exact) mass is 201 g/mol. The van der Waals surface area contributed by atoms with Gasteiger partial charge in [-0.25, -0.2) is 5.06 Å². The fraction of sp³-hybridized carbons (Fsp3) is 0.231. The molecule has 1 aromatic carbocycles. The maximum absolute atomic E-state index is 5.53. The van der Waals surface area contributed by atoms with E-state index in [-0.39, 0.29) is 0 Å². The van der Waals surface area contributed by atoms with Crippen molar-refractivity contribution in [1.29, 1.82) is 0 Å². The van der Waals surface area contributed by atoms with E-state index < -0.39 is 0 Å². The van der Waals surface area contributed by atoms with E-state index in [1.807, 2.05) is 36.4 Å². The Morgan fingerprint density at radius 1 is 1.27 bits per heavy atom. The molecule has 0 amide bonds. The van der Waals surface area contributed by atoms with Gasteiger partial charge in [0.1, 0.15) is 0 Å². The molecule has 0 fully saturated rings. The topological polar surface area (TPSA) is 12.5 Å². The fourth-order valence-electron chi connectivity index (χ4n) is 1.61. The number of benzene rings is 1. The minimum atomic E-state index is 0.675. The molecule has 0 aromatic heterocycles.